The predicted octanol–water partition coefficient (Wildman–Crippen LogP) is -0.245. The SMILES string of the molecule is CN1CC2COc3ncc(N)cc3N2S1=O. The monoisotopic (exact) mass is 240 g/mol. The molecular formula is C9H12N4O2S. The lowest BCUT2D eigenvalue weighted by Crippen LogP contribution is -2.40. The average molecular weight is 240 g/mol. The highest BCUT2D eigenvalue weighted by molar-refractivity contribution is 7.84. The van der Waals surface area contributed by atoms with Crippen LogP contribution < -0.4 is 14.8 Å². The summed E-state index contributed by atoms with van der Waals surface area (Å²) in [6.07, 6.45) is 1.54. The van der Waals surface area contributed by atoms with Gasteiger partial charge < -0.3 is 10.5 Å². The molecule has 6 nitrogen and oxygen atoms in total. The van der Waals surface area contributed by atoms with Crippen molar-refractivity contribution in [1.82, 2.24) is 9.29 Å². The summed E-state index contributed by atoms with van der Waals surface area (Å²) < 4.78 is 21.2. The van der Waals surface area contributed by atoms with E-state index >= 15 is 0 Å². The third-order valence-corrected chi connectivity index (χ3v) is 4.25. The Labute approximate surface area is 95.7 Å². The van der Waals surface area contributed by atoms with Gasteiger partial charge in [-0.1, -0.05) is 0 Å². The molecule has 0 radical (unpaired) electrons. The molecule has 3 rings (SSSR count). The van der Waals surface area contributed by atoms with E-state index in [0.29, 0.717) is 18.2 Å². The maximum Gasteiger partial charge on any atom is 0.238 e. The fraction of sp³-hybridized carbons (Fsp3) is 0.444. The van der Waals surface area contributed by atoms with Gasteiger partial charge in [-0.2, -0.15) is 0 Å². The molecule has 1 aromatic heterocycles. The first-order chi connectivity index (χ1) is 7.66. The van der Waals surface area contributed by atoms with Crippen LogP contribution in [0.15, 0.2) is 12.3 Å². The summed E-state index contributed by atoms with van der Waals surface area (Å²) >= 11 is -1.16. The molecule has 2 aliphatic rings. The molecule has 0 amide bonds. The van der Waals surface area contributed by atoms with E-state index < -0.39 is 11.2 Å². The summed E-state index contributed by atoms with van der Waals surface area (Å²) in [4.78, 5) is 4.10. The van der Waals surface area contributed by atoms with Crippen molar-refractivity contribution in [3.8, 4) is 5.88 Å². The number of nitrogen functional groups attached to an aromatic ring is 1. The molecule has 0 aliphatic carbocycles. The first kappa shape index (κ1) is 9.86. The number of pyridine rings is 1. The van der Waals surface area contributed by atoms with Crippen molar-refractivity contribution >= 4 is 22.5 Å². The number of fused-ring (bicyclic) bond motifs is 3. The molecule has 2 N–H and O–H groups in total. The Morgan fingerprint density at radius 2 is 2.50 bits per heavy atom. The van der Waals surface area contributed by atoms with Gasteiger partial charge in [0.15, 0.2) is 11.2 Å². The smallest absolute Gasteiger partial charge is 0.238 e. The van der Waals surface area contributed by atoms with Gasteiger partial charge in [0, 0.05) is 13.6 Å². The van der Waals surface area contributed by atoms with E-state index in [0.717, 1.165) is 12.2 Å². The maximum atomic E-state index is 12.1. The number of hydrogen-bond donors (Lipinski definition) is 1. The molecular weight excluding hydrogens is 228 g/mol. The molecule has 16 heavy (non-hydrogen) atoms. The van der Waals surface area contributed by atoms with Crippen molar-refractivity contribution in [3.63, 3.8) is 0 Å². The van der Waals surface area contributed by atoms with E-state index in [1.807, 2.05) is 11.4 Å². The van der Waals surface area contributed by atoms with Crippen LogP contribution in [0.25, 0.3) is 0 Å². The average Bonchev–Trinajstić information content (AvgIpc) is 2.55. The molecule has 0 aromatic carbocycles. The van der Waals surface area contributed by atoms with Crippen molar-refractivity contribution in [2.45, 2.75) is 6.04 Å². The van der Waals surface area contributed by atoms with Crippen LogP contribution in [-0.4, -0.2) is 39.7 Å². The number of nitrogens with zero attached hydrogens (tertiary/aromatic N) is 3. The zero-order chi connectivity index (χ0) is 11.3. The highest BCUT2D eigenvalue weighted by Crippen LogP contribution is 2.37. The van der Waals surface area contributed by atoms with Crippen LogP contribution in [0.4, 0.5) is 11.4 Å². The van der Waals surface area contributed by atoms with Crippen LogP contribution in [0.1, 0.15) is 0 Å². The summed E-state index contributed by atoms with van der Waals surface area (Å²) in [7, 11) is 1.83. The van der Waals surface area contributed by atoms with Crippen molar-refractivity contribution in [2.75, 3.05) is 30.2 Å². The standard InChI is InChI=1S/C9H12N4O2S/c1-12-4-7-5-15-9-8(13(7)16(12)14)2-6(10)3-11-9/h2-3,7H,4-5,10H2,1H3. The fourth-order valence-electron chi connectivity index (χ4n) is 2.01. The van der Waals surface area contributed by atoms with Gasteiger partial charge in [0.2, 0.25) is 5.88 Å². The van der Waals surface area contributed by atoms with E-state index in [1.165, 1.54) is 0 Å². The van der Waals surface area contributed by atoms with E-state index in [9.17, 15) is 4.21 Å². The Bertz CT molecular complexity index is 467. The molecule has 0 saturated carbocycles. The normalized spacial score (nSPS) is 28.4. The molecule has 1 fully saturated rings. The zero-order valence-electron chi connectivity index (χ0n) is 8.79. The maximum absolute atomic E-state index is 12.1. The number of ether oxygens (including phenoxy) is 1. The molecule has 7 heteroatoms. The van der Waals surface area contributed by atoms with Gasteiger partial charge in [0.05, 0.1) is 17.9 Å². The van der Waals surface area contributed by atoms with Crippen LogP contribution in [0.5, 0.6) is 5.88 Å². The van der Waals surface area contributed by atoms with Gasteiger partial charge in [0.1, 0.15) is 12.3 Å². The van der Waals surface area contributed by atoms with Gasteiger partial charge >= 0.3 is 0 Å². The Morgan fingerprint density at radius 1 is 1.69 bits per heavy atom. The van der Waals surface area contributed by atoms with Crippen molar-refractivity contribution < 1.29 is 8.95 Å². The minimum atomic E-state index is -1.16. The number of nitrogens with two attached hydrogens (primary N) is 1. The van der Waals surface area contributed by atoms with E-state index in [2.05, 4.69) is 4.98 Å². The fourth-order valence-corrected chi connectivity index (χ4v) is 3.30. The Hall–Kier alpha value is -1.34. The van der Waals surface area contributed by atoms with Crippen molar-refractivity contribution in [2.24, 2.45) is 0 Å². The number of likely N-dealkylation sites (N-methyl/N-ethyl adjacent to an activating group) is 1. The molecule has 1 saturated heterocycles. The van der Waals surface area contributed by atoms with Gasteiger partial charge in [-0.25, -0.2) is 13.5 Å². The van der Waals surface area contributed by atoms with E-state index in [-0.39, 0.29) is 6.04 Å². The van der Waals surface area contributed by atoms with Gasteiger partial charge in [-0.05, 0) is 6.07 Å². The van der Waals surface area contributed by atoms with Crippen LogP contribution in [0, 0.1) is 0 Å². The lowest BCUT2D eigenvalue weighted by Gasteiger charge is -2.29. The number of anilines is 2. The molecule has 0 bridgehead atoms. The van der Waals surface area contributed by atoms with Crippen LogP contribution >= 0.6 is 0 Å². The first-order valence-corrected chi connectivity index (χ1v) is 6.04. The molecule has 2 atom stereocenters. The minimum absolute atomic E-state index is 0.113. The largest absolute Gasteiger partial charge is 0.474 e. The van der Waals surface area contributed by atoms with Crippen molar-refractivity contribution in [3.05, 3.63) is 12.3 Å². The van der Waals surface area contributed by atoms with Gasteiger partial charge in [0.25, 0.3) is 0 Å². The third-order valence-electron chi connectivity index (χ3n) is 2.74. The van der Waals surface area contributed by atoms with Crippen molar-refractivity contribution in [1.29, 1.82) is 0 Å². The quantitative estimate of drug-likeness (QED) is 0.679. The Morgan fingerprint density at radius 3 is 3.31 bits per heavy atom. The second-order valence-corrected chi connectivity index (χ2v) is 5.40. The molecule has 86 valence electrons. The summed E-state index contributed by atoms with van der Waals surface area (Å²) in [5.74, 6) is 0.508. The highest BCUT2D eigenvalue weighted by atomic mass is 32.2. The Balaban J connectivity index is 2.10. The summed E-state index contributed by atoms with van der Waals surface area (Å²) in [5.41, 5.74) is 6.96. The number of aromatic nitrogens is 1. The zero-order valence-corrected chi connectivity index (χ0v) is 9.61. The molecule has 2 unspecified atom stereocenters. The predicted molar refractivity (Wildman–Crippen MR) is 61.2 cm³/mol. The summed E-state index contributed by atoms with van der Waals surface area (Å²) in [6, 6.07) is 1.87. The van der Waals surface area contributed by atoms with Gasteiger partial charge in [-0.3, -0.25) is 4.31 Å². The topological polar surface area (TPSA) is 71.7 Å². The van der Waals surface area contributed by atoms with E-state index in [4.69, 9.17) is 10.5 Å². The lowest BCUT2D eigenvalue weighted by atomic mass is 10.2. The minimum Gasteiger partial charge on any atom is -0.474 e. The van der Waals surface area contributed by atoms with E-state index in [1.54, 1.807) is 16.6 Å². The second kappa shape index (κ2) is 3.33. The molecule has 2 aliphatic heterocycles. The molecule has 3 heterocycles. The lowest BCUT2D eigenvalue weighted by molar-refractivity contribution is 0.261. The molecule has 1 aromatic rings. The van der Waals surface area contributed by atoms with Gasteiger partial charge in [-0.15, -0.1) is 0 Å². The number of hydrogen-bond acceptors (Lipinski definition) is 4. The third kappa shape index (κ3) is 1.28. The molecule has 0 spiro atoms. The number of rotatable bonds is 0. The Kier molecular flexibility index (Phi) is 2.05. The van der Waals surface area contributed by atoms with Crippen LogP contribution in [0.2, 0.25) is 0 Å². The van der Waals surface area contributed by atoms with Crippen LogP contribution in [-0.2, 0) is 11.2 Å². The second-order valence-electron chi connectivity index (χ2n) is 3.92. The summed E-state index contributed by atoms with van der Waals surface area (Å²) in [5, 5.41) is 0. The van der Waals surface area contributed by atoms with Crippen LogP contribution in [0.3, 0.4) is 0 Å². The first-order valence-electron chi connectivity index (χ1n) is 4.97. The highest BCUT2D eigenvalue weighted by Gasteiger charge is 2.40. The summed E-state index contributed by atoms with van der Waals surface area (Å²) in [6.45, 7) is 1.24.